The number of ether oxygens (including phenoxy) is 1. The van der Waals surface area contributed by atoms with E-state index in [1.54, 1.807) is 36.2 Å². The van der Waals surface area contributed by atoms with Crippen LogP contribution in [0, 0.1) is 0 Å². The Bertz CT molecular complexity index is 963. The molecule has 1 aromatic heterocycles. The lowest BCUT2D eigenvalue weighted by Gasteiger charge is -2.09. The van der Waals surface area contributed by atoms with Crippen molar-refractivity contribution in [2.45, 2.75) is 16.5 Å². The second-order valence-electron chi connectivity index (χ2n) is 6.16. The van der Waals surface area contributed by atoms with Gasteiger partial charge in [0.1, 0.15) is 11.6 Å². The molecule has 2 aromatic carbocycles. The average molecular weight is 407 g/mol. The summed E-state index contributed by atoms with van der Waals surface area (Å²) in [6, 6.07) is 20.5. The van der Waals surface area contributed by atoms with Gasteiger partial charge in [-0.1, -0.05) is 30.0 Å². The normalized spacial score (nSPS) is 10.4. The number of nitrogens with one attached hydrogen (secondary N) is 2. The van der Waals surface area contributed by atoms with Gasteiger partial charge in [-0.25, -0.2) is 4.98 Å². The first-order chi connectivity index (χ1) is 14.1. The van der Waals surface area contributed by atoms with Crippen molar-refractivity contribution in [2.75, 3.05) is 19.0 Å². The topological polar surface area (TPSA) is 80.3 Å². The molecule has 0 saturated heterocycles. The minimum atomic E-state index is -0.225. The lowest BCUT2D eigenvalue weighted by Crippen LogP contribution is -2.23. The van der Waals surface area contributed by atoms with Gasteiger partial charge in [0.05, 0.1) is 0 Å². The molecule has 29 heavy (non-hydrogen) atoms. The summed E-state index contributed by atoms with van der Waals surface area (Å²) >= 11 is 1.54. The highest BCUT2D eigenvalue weighted by Crippen LogP contribution is 2.25. The SMILES string of the molecule is COCC(=O)Nc1cccc(CNC(=O)c2ccc(Sc3ccccn3)cc2)c1. The molecule has 0 atom stereocenters. The average Bonchev–Trinajstić information content (AvgIpc) is 2.74. The molecule has 0 aliphatic rings. The van der Waals surface area contributed by atoms with Gasteiger partial charge >= 0.3 is 0 Å². The lowest BCUT2D eigenvalue weighted by molar-refractivity contribution is -0.119. The molecular weight excluding hydrogens is 386 g/mol. The molecule has 0 fully saturated rings. The van der Waals surface area contributed by atoms with Gasteiger partial charge in [-0.05, 0) is 54.1 Å². The predicted octanol–water partition coefficient (Wildman–Crippen LogP) is 3.75. The zero-order valence-corrected chi connectivity index (χ0v) is 16.7. The number of hydrogen-bond donors (Lipinski definition) is 2. The van der Waals surface area contributed by atoms with Gasteiger partial charge < -0.3 is 15.4 Å². The van der Waals surface area contributed by atoms with Gasteiger partial charge in [-0.3, -0.25) is 9.59 Å². The predicted molar refractivity (Wildman–Crippen MR) is 113 cm³/mol. The van der Waals surface area contributed by atoms with Crippen LogP contribution in [0.5, 0.6) is 0 Å². The number of anilines is 1. The third-order valence-corrected chi connectivity index (χ3v) is 4.87. The molecule has 2 N–H and O–H groups in total. The van der Waals surface area contributed by atoms with E-state index in [2.05, 4.69) is 15.6 Å². The Morgan fingerprint density at radius 1 is 1.03 bits per heavy atom. The third-order valence-electron chi connectivity index (χ3n) is 3.92. The third kappa shape index (κ3) is 6.44. The highest BCUT2D eigenvalue weighted by molar-refractivity contribution is 7.99. The van der Waals surface area contributed by atoms with E-state index in [1.807, 2.05) is 48.5 Å². The van der Waals surface area contributed by atoms with Crippen LogP contribution >= 0.6 is 11.8 Å². The first-order valence-corrected chi connectivity index (χ1v) is 9.80. The smallest absolute Gasteiger partial charge is 0.251 e. The molecule has 148 valence electrons. The molecule has 7 heteroatoms. The molecule has 0 aliphatic heterocycles. The second-order valence-corrected chi connectivity index (χ2v) is 7.25. The lowest BCUT2D eigenvalue weighted by atomic mass is 10.1. The molecule has 3 aromatic rings. The van der Waals surface area contributed by atoms with Gasteiger partial charge in [0, 0.05) is 36.0 Å². The zero-order chi connectivity index (χ0) is 20.5. The number of rotatable bonds is 8. The molecule has 2 amide bonds. The van der Waals surface area contributed by atoms with Gasteiger partial charge in [0.25, 0.3) is 5.91 Å². The maximum absolute atomic E-state index is 12.4. The van der Waals surface area contributed by atoms with Crippen LogP contribution in [-0.2, 0) is 16.1 Å². The maximum atomic E-state index is 12.4. The van der Waals surface area contributed by atoms with Gasteiger partial charge in [-0.2, -0.15) is 0 Å². The van der Waals surface area contributed by atoms with E-state index in [0.717, 1.165) is 15.5 Å². The number of carbonyl (C=O) groups is 2. The number of hydrogen-bond acceptors (Lipinski definition) is 5. The monoisotopic (exact) mass is 407 g/mol. The molecule has 3 rings (SSSR count). The highest BCUT2D eigenvalue weighted by Gasteiger charge is 2.07. The fraction of sp³-hybridized carbons (Fsp3) is 0.136. The van der Waals surface area contributed by atoms with E-state index < -0.39 is 0 Å². The fourth-order valence-corrected chi connectivity index (χ4v) is 3.35. The van der Waals surface area contributed by atoms with E-state index in [4.69, 9.17) is 4.74 Å². The summed E-state index contributed by atoms with van der Waals surface area (Å²) in [5, 5.41) is 6.54. The van der Waals surface area contributed by atoms with Crippen LogP contribution in [0.25, 0.3) is 0 Å². The van der Waals surface area contributed by atoms with E-state index in [-0.39, 0.29) is 18.4 Å². The molecule has 0 bridgehead atoms. The fourth-order valence-electron chi connectivity index (χ4n) is 2.57. The van der Waals surface area contributed by atoms with Crippen molar-refractivity contribution in [3.63, 3.8) is 0 Å². The van der Waals surface area contributed by atoms with Gasteiger partial charge in [-0.15, -0.1) is 0 Å². The largest absolute Gasteiger partial charge is 0.375 e. The van der Waals surface area contributed by atoms with Crippen LogP contribution in [-0.4, -0.2) is 30.5 Å². The van der Waals surface area contributed by atoms with Crippen LogP contribution in [0.15, 0.2) is 82.8 Å². The summed E-state index contributed by atoms with van der Waals surface area (Å²) < 4.78 is 4.80. The van der Waals surface area contributed by atoms with Crippen molar-refractivity contribution in [1.29, 1.82) is 0 Å². The Balaban J connectivity index is 1.54. The summed E-state index contributed by atoms with van der Waals surface area (Å²) in [5.74, 6) is -0.384. The Kier molecular flexibility index (Phi) is 7.38. The number of carbonyl (C=O) groups excluding carboxylic acids is 2. The Morgan fingerprint density at radius 3 is 2.59 bits per heavy atom. The highest BCUT2D eigenvalue weighted by atomic mass is 32.2. The zero-order valence-electron chi connectivity index (χ0n) is 15.9. The molecule has 0 aliphatic carbocycles. The summed E-state index contributed by atoms with van der Waals surface area (Å²) in [4.78, 5) is 29.3. The van der Waals surface area contributed by atoms with Crippen molar-refractivity contribution < 1.29 is 14.3 Å². The van der Waals surface area contributed by atoms with Crippen molar-refractivity contribution in [3.05, 3.63) is 84.1 Å². The number of nitrogens with zero attached hydrogens (tertiary/aromatic N) is 1. The van der Waals surface area contributed by atoms with Crippen LogP contribution in [0.1, 0.15) is 15.9 Å². The molecule has 1 heterocycles. The van der Waals surface area contributed by atoms with Crippen LogP contribution < -0.4 is 10.6 Å². The van der Waals surface area contributed by atoms with Gasteiger partial charge in [0.2, 0.25) is 5.91 Å². The number of amides is 2. The van der Waals surface area contributed by atoms with E-state index in [9.17, 15) is 9.59 Å². The first-order valence-electron chi connectivity index (χ1n) is 8.99. The standard InChI is InChI=1S/C22H21N3O3S/c1-28-15-20(26)25-18-6-4-5-16(13-18)14-24-22(27)17-8-10-19(11-9-17)29-21-7-2-3-12-23-21/h2-13H,14-15H2,1H3,(H,24,27)(H,25,26). The van der Waals surface area contributed by atoms with Crippen LogP contribution in [0.4, 0.5) is 5.69 Å². The number of pyridine rings is 1. The number of aromatic nitrogens is 1. The molecule has 6 nitrogen and oxygen atoms in total. The van der Waals surface area contributed by atoms with Crippen molar-refractivity contribution in [1.82, 2.24) is 10.3 Å². The van der Waals surface area contributed by atoms with Crippen molar-refractivity contribution in [3.8, 4) is 0 Å². The van der Waals surface area contributed by atoms with Gasteiger partial charge in [0.15, 0.2) is 0 Å². The molecular formula is C22H21N3O3S. The van der Waals surface area contributed by atoms with E-state index in [1.165, 1.54) is 7.11 Å². The minimum absolute atomic E-state index is 0.00439. The summed E-state index contributed by atoms with van der Waals surface area (Å²) in [6.45, 7) is 0.354. The molecule has 0 saturated carbocycles. The second kappa shape index (κ2) is 10.4. The summed E-state index contributed by atoms with van der Waals surface area (Å²) in [5.41, 5.74) is 2.13. The van der Waals surface area contributed by atoms with E-state index in [0.29, 0.717) is 17.8 Å². The molecule has 0 spiro atoms. The van der Waals surface area contributed by atoms with Crippen molar-refractivity contribution >= 4 is 29.3 Å². The minimum Gasteiger partial charge on any atom is -0.375 e. The molecule has 0 unspecified atom stereocenters. The maximum Gasteiger partial charge on any atom is 0.251 e. The van der Waals surface area contributed by atoms with E-state index >= 15 is 0 Å². The Hall–Kier alpha value is -3.16. The Morgan fingerprint density at radius 2 is 1.86 bits per heavy atom. The van der Waals surface area contributed by atoms with Crippen LogP contribution in [0.2, 0.25) is 0 Å². The number of benzene rings is 2. The Labute approximate surface area is 173 Å². The first kappa shape index (κ1) is 20.6. The summed E-state index contributed by atoms with van der Waals surface area (Å²) in [6.07, 6.45) is 1.75. The quantitative estimate of drug-likeness (QED) is 0.594. The van der Waals surface area contributed by atoms with Crippen molar-refractivity contribution in [2.24, 2.45) is 0 Å². The molecule has 0 radical (unpaired) electrons. The summed E-state index contributed by atoms with van der Waals surface area (Å²) in [7, 11) is 1.47. The number of methoxy groups -OCH3 is 1. The van der Waals surface area contributed by atoms with Crippen LogP contribution in [0.3, 0.4) is 0 Å².